The number of amides is 1. The molecule has 162 valence electrons. The van der Waals surface area contributed by atoms with Crippen molar-refractivity contribution in [2.24, 2.45) is 4.99 Å². The molecule has 3 rings (SSSR count). The zero-order chi connectivity index (χ0) is 22.4. The minimum atomic E-state index is -0.449. The van der Waals surface area contributed by atoms with E-state index in [9.17, 15) is 9.59 Å². The molecule has 0 radical (unpaired) electrons. The van der Waals surface area contributed by atoms with Crippen LogP contribution in [-0.4, -0.2) is 37.4 Å². The Morgan fingerprint density at radius 3 is 2.48 bits per heavy atom. The number of methoxy groups -OCH3 is 1. The van der Waals surface area contributed by atoms with Gasteiger partial charge in [0, 0.05) is 0 Å². The van der Waals surface area contributed by atoms with Crippen molar-refractivity contribution in [1.82, 2.24) is 5.32 Å². The molecule has 0 saturated carbocycles. The number of aliphatic imine (C=N–C) groups is 1. The fourth-order valence-corrected chi connectivity index (χ4v) is 4.83. The molecular formula is C21H18Br2N2O5S. The van der Waals surface area contributed by atoms with E-state index in [-0.39, 0.29) is 12.5 Å². The van der Waals surface area contributed by atoms with Gasteiger partial charge in [0.05, 0.1) is 33.3 Å². The van der Waals surface area contributed by atoms with Gasteiger partial charge in [0.15, 0.2) is 11.8 Å². The molecule has 1 aliphatic heterocycles. The largest absolute Gasteiger partial charge is 0.497 e. The molecule has 0 unspecified atom stereocenters. The summed E-state index contributed by atoms with van der Waals surface area (Å²) < 4.78 is 16.8. The second-order valence-corrected chi connectivity index (χ2v) is 8.83. The van der Waals surface area contributed by atoms with E-state index in [1.165, 1.54) is 11.8 Å². The van der Waals surface area contributed by atoms with Crippen molar-refractivity contribution in [1.29, 1.82) is 0 Å². The average molecular weight is 570 g/mol. The fourth-order valence-electron chi connectivity index (χ4n) is 2.54. The zero-order valence-electron chi connectivity index (χ0n) is 16.6. The lowest BCUT2D eigenvalue weighted by Crippen LogP contribution is -2.19. The number of benzene rings is 2. The van der Waals surface area contributed by atoms with Gasteiger partial charge in [0.2, 0.25) is 0 Å². The maximum Gasteiger partial charge on any atom is 0.344 e. The summed E-state index contributed by atoms with van der Waals surface area (Å²) in [5.41, 5.74) is 1.48. The lowest BCUT2D eigenvalue weighted by atomic mass is 10.2. The van der Waals surface area contributed by atoms with E-state index in [2.05, 4.69) is 42.2 Å². The third kappa shape index (κ3) is 6.34. The quantitative estimate of drug-likeness (QED) is 0.371. The van der Waals surface area contributed by atoms with Crippen LogP contribution in [0.3, 0.4) is 0 Å². The average Bonchev–Trinajstić information content (AvgIpc) is 3.06. The fraction of sp³-hybridized carbons (Fsp3) is 0.190. The Labute approximate surface area is 200 Å². The topological polar surface area (TPSA) is 86.2 Å². The number of carbonyl (C=O) groups is 2. The molecule has 1 amide bonds. The van der Waals surface area contributed by atoms with E-state index in [0.717, 1.165) is 11.3 Å². The van der Waals surface area contributed by atoms with Crippen molar-refractivity contribution in [2.45, 2.75) is 6.92 Å². The second kappa shape index (κ2) is 10.8. The van der Waals surface area contributed by atoms with Crippen molar-refractivity contribution in [2.75, 3.05) is 20.3 Å². The lowest BCUT2D eigenvalue weighted by molar-refractivity contribution is -0.145. The number of halogens is 2. The highest BCUT2D eigenvalue weighted by Crippen LogP contribution is 2.36. The van der Waals surface area contributed by atoms with Gasteiger partial charge >= 0.3 is 5.97 Å². The van der Waals surface area contributed by atoms with Crippen LogP contribution in [0.5, 0.6) is 11.5 Å². The summed E-state index contributed by atoms with van der Waals surface area (Å²) in [6.07, 6.45) is 1.75. The van der Waals surface area contributed by atoms with Gasteiger partial charge in [0.25, 0.3) is 5.91 Å². The van der Waals surface area contributed by atoms with E-state index in [0.29, 0.717) is 37.1 Å². The summed E-state index contributed by atoms with van der Waals surface area (Å²) in [7, 11) is 1.60. The van der Waals surface area contributed by atoms with Gasteiger partial charge in [-0.3, -0.25) is 4.79 Å². The molecule has 0 bridgehead atoms. The first kappa shape index (κ1) is 23.4. The van der Waals surface area contributed by atoms with Gasteiger partial charge in [-0.25, -0.2) is 9.79 Å². The molecule has 0 aliphatic carbocycles. The van der Waals surface area contributed by atoms with Crippen LogP contribution >= 0.6 is 43.6 Å². The molecule has 1 N–H and O–H groups in total. The van der Waals surface area contributed by atoms with E-state index >= 15 is 0 Å². The Hall–Kier alpha value is -2.30. The van der Waals surface area contributed by atoms with Crippen LogP contribution in [0.25, 0.3) is 6.08 Å². The number of hydrogen-bond acceptors (Lipinski definition) is 7. The molecular weight excluding hydrogens is 552 g/mol. The van der Waals surface area contributed by atoms with E-state index in [1.807, 2.05) is 12.1 Å². The van der Waals surface area contributed by atoms with Gasteiger partial charge in [0.1, 0.15) is 11.5 Å². The summed E-state index contributed by atoms with van der Waals surface area (Å²) in [4.78, 5) is 28.8. The van der Waals surface area contributed by atoms with E-state index < -0.39 is 5.97 Å². The van der Waals surface area contributed by atoms with Gasteiger partial charge in [-0.1, -0.05) is 0 Å². The predicted molar refractivity (Wildman–Crippen MR) is 128 cm³/mol. The highest BCUT2D eigenvalue weighted by molar-refractivity contribution is 9.11. The summed E-state index contributed by atoms with van der Waals surface area (Å²) >= 11 is 8.13. The molecule has 1 aliphatic rings. The predicted octanol–water partition coefficient (Wildman–Crippen LogP) is 5.05. The number of esters is 1. The molecule has 31 heavy (non-hydrogen) atoms. The summed E-state index contributed by atoms with van der Waals surface area (Å²) in [5, 5.41) is 3.26. The van der Waals surface area contributed by atoms with Crippen LogP contribution in [0.2, 0.25) is 0 Å². The first-order valence-electron chi connectivity index (χ1n) is 9.10. The van der Waals surface area contributed by atoms with Crippen LogP contribution in [0.4, 0.5) is 5.69 Å². The summed E-state index contributed by atoms with van der Waals surface area (Å²) in [5.74, 6) is 0.529. The van der Waals surface area contributed by atoms with Crippen molar-refractivity contribution in [3.8, 4) is 11.5 Å². The minimum Gasteiger partial charge on any atom is -0.497 e. The van der Waals surface area contributed by atoms with Crippen LogP contribution < -0.4 is 14.8 Å². The standard InChI is InChI=1S/C21H18Br2N2O5S/c1-3-29-18(26)11-30-19-15(22)8-12(9-16(19)23)10-17-20(27)25-21(31-17)24-13-4-6-14(28-2)7-5-13/h4-10H,3,11H2,1-2H3,(H,24,25,27)/b17-10+. The van der Waals surface area contributed by atoms with E-state index in [1.54, 1.807) is 44.4 Å². The van der Waals surface area contributed by atoms with Gasteiger partial charge < -0.3 is 19.5 Å². The monoisotopic (exact) mass is 568 g/mol. The van der Waals surface area contributed by atoms with Crippen LogP contribution in [0.15, 0.2) is 55.2 Å². The number of amidine groups is 1. The number of ether oxygens (including phenoxy) is 3. The maximum absolute atomic E-state index is 12.4. The van der Waals surface area contributed by atoms with Gasteiger partial charge in [-0.05, 0) is 98.6 Å². The molecule has 1 heterocycles. The molecule has 1 saturated heterocycles. The lowest BCUT2D eigenvalue weighted by Gasteiger charge is -2.11. The third-order valence-corrected chi connectivity index (χ3v) is 6.00. The molecule has 0 spiro atoms. The highest BCUT2D eigenvalue weighted by Gasteiger charge is 2.24. The van der Waals surface area contributed by atoms with Crippen molar-refractivity contribution >= 4 is 72.4 Å². The number of hydrogen-bond donors (Lipinski definition) is 1. The molecule has 0 aromatic heterocycles. The highest BCUT2D eigenvalue weighted by atomic mass is 79.9. The first-order chi connectivity index (χ1) is 14.9. The molecule has 2 aromatic rings. The van der Waals surface area contributed by atoms with Crippen molar-refractivity contribution in [3.05, 3.63) is 55.8 Å². The zero-order valence-corrected chi connectivity index (χ0v) is 20.6. The Bertz CT molecular complexity index is 1030. The number of carbonyl (C=O) groups excluding carboxylic acids is 2. The number of rotatable bonds is 7. The Morgan fingerprint density at radius 2 is 1.87 bits per heavy atom. The molecule has 1 fully saturated rings. The van der Waals surface area contributed by atoms with Gasteiger partial charge in [-0.2, -0.15) is 0 Å². The molecule has 10 heteroatoms. The van der Waals surface area contributed by atoms with Crippen molar-refractivity contribution < 1.29 is 23.8 Å². The Morgan fingerprint density at radius 1 is 1.19 bits per heavy atom. The van der Waals surface area contributed by atoms with Crippen LogP contribution in [0, 0.1) is 0 Å². The molecule has 2 aromatic carbocycles. The van der Waals surface area contributed by atoms with Crippen molar-refractivity contribution in [3.63, 3.8) is 0 Å². The van der Waals surface area contributed by atoms with E-state index in [4.69, 9.17) is 14.2 Å². The maximum atomic E-state index is 12.4. The number of nitrogens with zero attached hydrogens (tertiary/aromatic N) is 1. The first-order valence-corrected chi connectivity index (χ1v) is 11.5. The second-order valence-electron chi connectivity index (χ2n) is 6.09. The Balaban J connectivity index is 1.74. The third-order valence-electron chi connectivity index (χ3n) is 3.91. The number of nitrogens with one attached hydrogen (secondary N) is 1. The SMILES string of the molecule is CCOC(=O)COc1c(Br)cc(/C=C2/SC(=Nc3ccc(OC)cc3)NC2=O)cc1Br. The van der Waals surface area contributed by atoms with Crippen LogP contribution in [-0.2, 0) is 14.3 Å². The van der Waals surface area contributed by atoms with Gasteiger partial charge in [-0.15, -0.1) is 0 Å². The molecule has 7 nitrogen and oxygen atoms in total. The molecule has 0 atom stereocenters. The smallest absolute Gasteiger partial charge is 0.344 e. The van der Waals surface area contributed by atoms with Crippen LogP contribution in [0.1, 0.15) is 12.5 Å². The Kier molecular flexibility index (Phi) is 8.16. The number of thioether (sulfide) groups is 1. The summed E-state index contributed by atoms with van der Waals surface area (Å²) in [6.45, 7) is 1.83. The normalized spacial score (nSPS) is 15.8. The minimum absolute atomic E-state index is 0.199. The summed E-state index contributed by atoms with van der Waals surface area (Å²) in [6, 6.07) is 10.8.